The Hall–Kier alpha value is -0.0400. The first-order chi connectivity index (χ1) is 6.77. The van der Waals surface area contributed by atoms with Crippen LogP contribution in [0.3, 0.4) is 0 Å². The smallest absolute Gasteiger partial charge is 0.00180 e. The molecule has 0 aliphatic heterocycles. The summed E-state index contributed by atoms with van der Waals surface area (Å²) in [6.45, 7) is 9.34. The normalized spacial score (nSPS) is 33.2. The fraction of sp³-hybridized carbons (Fsp3) is 1.00. The number of nitrogens with one attached hydrogen (secondary N) is 1. The van der Waals surface area contributed by atoms with Gasteiger partial charge in [0.15, 0.2) is 0 Å². The minimum absolute atomic E-state index is 0.964. The van der Waals surface area contributed by atoms with E-state index >= 15 is 0 Å². The Kier molecular flexibility index (Phi) is 5.54. The van der Waals surface area contributed by atoms with E-state index in [0.717, 1.165) is 24.3 Å². The third-order valence-corrected chi connectivity index (χ3v) is 3.72. The molecule has 3 unspecified atom stereocenters. The van der Waals surface area contributed by atoms with Gasteiger partial charge < -0.3 is 5.32 Å². The molecule has 0 aromatic carbocycles. The molecule has 1 rings (SSSR count). The zero-order valence-electron chi connectivity index (χ0n) is 10.2. The van der Waals surface area contributed by atoms with E-state index in [9.17, 15) is 0 Å². The van der Waals surface area contributed by atoms with Gasteiger partial charge >= 0.3 is 0 Å². The van der Waals surface area contributed by atoms with Crippen LogP contribution in [-0.4, -0.2) is 13.1 Å². The van der Waals surface area contributed by atoms with E-state index in [1.54, 1.807) is 0 Å². The molecule has 1 fully saturated rings. The molecular weight excluding hydrogens is 170 g/mol. The molecule has 0 heterocycles. The summed E-state index contributed by atoms with van der Waals surface area (Å²) in [5, 5.41) is 3.52. The number of hydrogen-bond donors (Lipinski definition) is 1. The highest BCUT2D eigenvalue weighted by Gasteiger charge is 2.27. The van der Waals surface area contributed by atoms with Crippen LogP contribution >= 0.6 is 0 Å². The average molecular weight is 197 g/mol. The fourth-order valence-corrected chi connectivity index (χ4v) is 2.88. The van der Waals surface area contributed by atoms with E-state index in [4.69, 9.17) is 0 Å². The summed E-state index contributed by atoms with van der Waals surface area (Å²) in [5.41, 5.74) is 0. The van der Waals surface area contributed by atoms with Crippen molar-refractivity contribution in [3.05, 3.63) is 0 Å². The van der Waals surface area contributed by atoms with Crippen molar-refractivity contribution in [1.82, 2.24) is 5.32 Å². The van der Waals surface area contributed by atoms with Crippen LogP contribution in [0.1, 0.15) is 52.9 Å². The summed E-state index contributed by atoms with van der Waals surface area (Å²) in [5.74, 6) is 2.94. The third-order valence-electron chi connectivity index (χ3n) is 3.72. The second kappa shape index (κ2) is 6.44. The highest BCUT2D eigenvalue weighted by Crippen LogP contribution is 2.35. The Labute approximate surface area is 89.7 Å². The molecule has 3 atom stereocenters. The molecule has 0 radical (unpaired) electrons. The highest BCUT2D eigenvalue weighted by molar-refractivity contribution is 4.79. The van der Waals surface area contributed by atoms with Crippen LogP contribution in [0, 0.1) is 17.8 Å². The second-order valence-electron chi connectivity index (χ2n) is 5.03. The Bertz CT molecular complexity index is 142. The lowest BCUT2D eigenvalue weighted by atomic mass is 9.73. The lowest BCUT2D eigenvalue weighted by Gasteiger charge is -2.35. The molecule has 84 valence electrons. The molecule has 1 heteroatoms. The van der Waals surface area contributed by atoms with Gasteiger partial charge in [0.25, 0.3) is 0 Å². The Morgan fingerprint density at radius 3 is 2.57 bits per heavy atom. The van der Waals surface area contributed by atoms with Crippen molar-refractivity contribution < 1.29 is 0 Å². The van der Waals surface area contributed by atoms with Gasteiger partial charge in [-0.25, -0.2) is 0 Å². The molecule has 0 aromatic heterocycles. The monoisotopic (exact) mass is 197 g/mol. The maximum atomic E-state index is 3.52. The molecule has 1 aliphatic rings. The average Bonchev–Trinajstić information content (AvgIpc) is 2.17. The van der Waals surface area contributed by atoms with Gasteiger partial charge in [0.1, 0.15) is 0 Å². The summed E-state index contributed by atoms with van der Waals surface area (Å²) >= 11 is 0. The summed E-state index contributed by atoms with van der Waals surface area (Å²) < 4.78 is 0. The van der Waals surface area contributed by atoms with Crippen LogP contribution in [0.2, 0.25) is 0 Å². The molecule has 0 amide bonds. The van der Waals surface area contributed by atoms with E-state index in [1.165, 1.54) is 38.6 Å². The van der Waals surface area contributed by atoms with Crippen LogP contribution < -0.4 is 5.32 Å². The van der Waals surface area contributed by atoms with Gasteiger partial charge in [-0.2, -0.15) is 0 Å². The summed E-state index contributed by atoms with van der Waals surface area (Å²) in [4.78, 5) is 0. The van der Waals surface area contributed by atoms with Crippen molar-refractivity contribution in [3.63, 3.8) is 0 Å². The minimum atomic E-state index is 0.964. The third kappa shape index (κ3) is 3.61. The van der Waals surface area contributed by atoms with E-state index in [-0.39, 0.29) is 0 Å². The molecular formula is C13H27N. The van der Waals surface area contributed by atoms with Gasteiger partial charge in [0.2, 0.25) is 0 Å². The van der Waals surface area contributed by atoms with Gasteiger partial charge in [-0.3, -0.25) is 0 Å². The Morgan fingerprint density at radius 1 is 1.14 bits per heavy atom. The second-order valence-corrected chi connectivity index (χ2v) is 5.03. The Morgan fingerprint density at radius 2 is 1.93 bits per heavy atom. The molecule has 0 aromatic rings. The zero-order chi connectivity index (χ0) is 10.4. The number of hydrogen-bond acceptors (Lipinski definition) is 1. The van der Waals surface area contributed by atoms with Crippen LogP contribution in [0.5, 0.6) is 0 Å². The fourth-order valence-electron chi connectivity index (χ4n) is 2.88. The molecule has 0 bridgehead atoms. The molecule has 14 heavy (non-hydrogen) atoms. The van der Waals surface area contributed by atoms with E-state index in [0.29, 0.717) is 0 Å². The van der Waals surface area contributed by atoms with Gasteiger partial charge in [-0.05, 0) is 43.7 Å². The van der Waals surface area contributed by atoms with Crippen molar-refractivity contribution in [1.29, 1.82) is 0 Å². The summed E-state index contributed by atoms with van der Waals surface area (Å²) in [6.07, 6.45) is 7.19. The van der Waals surface area contributed by atoms with Gasteiger partial charge in [0.05, 0.1) is 0 Å². The van der Waals surface area contributed by atoms with Crippen molar-refractivity contribution >= 4 is 0 Å². The van der Waals surface area contributed by atoms with Crippen molar-refractivity contribution in [2.75, 3.05) is 13.1 Å². The highest BCUT2D eigenvalue weighted by atomic mass is 14.8. The predicted octanol–water partition coefficient (Wildman–Crippen LogP) is 3.45. The maximum absolute atomic E-state index is 3.52. The van der Waals surface area contributed by atoms with Crippen LogP contribution in [0.4, 0.5) is 0 Å². The zero-order valence-corrected chi connectivity index (χ0v) is 10.2. The molecule has 1 nitrogen and oxygen atoms in total. The minimum Gasteiger partial charge on any atom is -0.317 e. The van der Waals surface area contributed by atoms with Gasteiger partial charge in [0, 0.05) is 0 Å². The van der Waals surface area contributed by atoms with Gasteiger partial charge in [-0.1, -0.05) is 40.0 Å². The van der Waals surface area contributed by atoms with E-state index < -0.39 is 0 Å². The van der Waals surface area contributed by atoms with Crippen LogP contribution in [0.25, 0.3) is 0 Å². The van der Waals surface area contributed by atoms with Crippen LogP contribution in [-0.2, 0) is 0 Å². The predicted molar refractivity (Wildman–Crippen MR) is 63.4 cm³/mol. The summed E-state index contributed by atoms with van der Waals surface area (Å²) in [6, 6.07) is 0. The summed E-state index contributed by atoms with van der Waals surface area (Å²) in [7, 11) is 0. The molecule has 1 N–H and O–H groups in total. The lowest BCUT2D eigenvalue weighted by molar-refractivity contribution is 0.174. The molecule has 1 aliphatic carbocycles. The number of rotatable bonds is 5. The largest absolute Gasteiger partial charge is 0.317 e. The Balaban J connectivity index is 2.36. The SMILES string of the molecule is CCCC1CC(C)CCC1CNCC. The topological polar surface area (TPSA) is 12.0 Å². The van der Waals surface area contributed by atoms with Crippen molar-refractivity contribution in [2.45, 2.75) is 52.9 Å². The van der Waals surface area contributed by atoms with E-state index in [2.05, 4.69) is 26.1 Å². The standard InChI is InChI=1S/C13H27N/c1-4-6-12-9-11(3)7-8-13(12)10-14-5-2/h11-14H,4-10H2,1-3H3. The molecule has 0 spiro atoms. The van der Waals surface area contributed by atoms with Crippen molar-refractivity contribution in [2.24, 2.45) is 17.8 Å². The van der Waals surface area contributed by atoms with Gasteiger partial charge in [-0.15, -0.1) is 0 Å². The van der Waals surface area contributed by atoms with Crippen LogP contribution in [0.15, 0.2) is 0 Å². The van der Waals surface area contributed by atoms with E-state index in [1.807, 2.05) is 0 Å². The lowest BCUT2D eigenvalue weighted by Crippen LogP contribution is -2.32. The molecule has 0 saturated heterocycles. The first kappa shape index (κ1) is 12.0. The first-order valence-electron chi connectivity index (χ1n) is 6.48. The van der Waals surface area contributed by atoms with Crippen molar-refractivity contribution in [3.8, 4) is 0 Å². The first-order valence-corrected chi connectivity index (χ1v) is 6.48. The quantitative estimate of drug-likeness (QED) is 0.712. The maximum Gasteiger partial charge on any atom is -0.00180 e. The molecule has 1 saturated carbocycles.